The Morgan fingerprint density at radius 1 is 1.00 bits per heavy atom. The number of ether oxygens (including phenoxy) is 1. The van der Waals surface area contributed by atoms with E-state index in [0.29, 0.717) is 24.5 Å². The molecule has 0 bridgehead atoms. The van der Waals surface area contributed by atoms with Crippen LogP contribution in [0.15, 0.2) is 71.5 Å². The number of fused-ring (bicyclic) bond motifs is 2. The molecule has 6 rings (SSSR count). The van der Waals surface area contributed by atoms with Gasteiger partial charge >= 0.3 is 0 Å². The maximum Gasteiger partial charge on any atom is 0.253 e. The third-order valence-electron chi connectivity index (χ3n) is 7.59. The number of aromatic nitrogens is 5. The van der Waals surface area contributed by atoms with Crippen molar-refractivity contribution in [1.29, 1.82) is 0 Å². The van der Waals surface area contributed by atoms with E-state index in [1.54, 1.807) is 11.8 Å². The Hall–Kier alpha value is -4.30. The molecule has 0 saturated heterocycles. The van der Waals surface area contributed by atoms with Crippen LogP contribution in [0.25, 0.3) is 10.9 Å². The molecule has 5 aromatic rings. The van der Waals surface area contributed by atoms with Crippen molar-refractivity contribution < 1.29 is 4.74 Å². The van der Waals surface area contributed by atoms with Crippen LogP contribution in [0, 0.1) is 13.8 Å². The molecule has 0 unspecified atom stereocenters. The smallest absolute Gasteiger partial charge is 0.253 e. The first kappa shape index (κ1) is 24.1. The molecule has 0 fully saturated rings. The molecule has 38 heavy (non-hydrogen) atoms. The first-order chi connectivity index (χ1) is 18.5. The Morgan fingerprint density at radius 2 is 1.76 bits per heavy atom. The van der Waals surface area contributed by atoms with Gasteiger partial charge in [-0.25, -0.2) is 4.68 Å². The molecule has 8 heteroatoms. The molecular formula is C30H30N6O2. The SMILES string of the molecule is COc1ccc(Cn2nnnc2[C@@H](c2cc3c(C)ccc(C)c3[nH]c2=O)N2CCc3ccccc3C2)cc1. The van der Waals surface area contributed by atoms with Crippen molar-refractivity contribution in [3.63, 3.8) is 0 Å². The van der Waals surface area contributed by atoms with E-state index >= 15 is 0 Å². The number of benzene rings is 3. The largest absolute Gasteiger partial charge is 0.497 e. The zero-order valence-electron chi connectivity index (χ0n) is 21.8. The van der Waals surface area contributed by atoms with Crippen LogP contribution < -0.4 is 10.3 Å². The normalized spacial score (nSPS) is 14.4. The Bertz CT molecular complexity index is 1670. The fraction of sp³-hybridized carbons (Fsp3) is 0.267. The van der Waals surface area contributed by atoms with E-state index in [4.69, 9.17) is 4.74 Å². The minimum atomic E-state index is -0.412. The second-order valence-electron chi connectivity index (χ2n) is 9.98. The maximum absolute atomic E-state index is 13.7. The molecule has 8 nitrogen and oxygen atoms in total. The highest BCUT2D eigenvalue weighted by atomic mass is 16.5. The molecule has 2 aromatic heterocycles. The highest BCUT2D eigenvalue weighted by Gasteiger charge is 2.32. The summed E-state index contributed by atoms with van der Waals surface area (Å²) in [5.74, 6) is 1.44. The van der Waals surface area contributed by atoms with E-state index in [0.717, 1.165) is 46.3 Å². The lowest BCUT2D eigenvalue weighted by atomic mass is 9.95. The molecule has 3 aromatic carbocycles. The fourth-order valence-electron chi connectivity index (χ4n) is 5.46. The second-order valence-corrected chi connectivity index (χ2v) is 9.98. The predicted octanol–water partition coefficient (Wildman–Crippen LogP) is 4.34. The van der Waals surface area contributed by atoms with Gasteiger partial charge in [0.25, 0.3) is 5.56 Å². The number of hydrogen-bond donors (Lipinski definition) is 1. The Labute approximate surface area is 220 Å². The number of rotatable bonds is 6. The first-order valence-electron chi connectivity index (χ1n) is 12.8. The lowest BCUT2D eigenvalue weighted by Gasteiger charge is -2.35. The topological polar surface area (TPSA) is 88.9 Å². The van der Waals surface area contributed by atoms with Crippen LogP contribution in [0.1, 0.15) is 45.2 Å². The predicted molar refractivity (Wildman–Crippen MR) is 146 cm³/mol. The number of aromatic amines is 1. The summed E-state index contributed by atoms with van der Waals surface area (Å²) in [5.41, 5.74) is 7.22. The Morgan fingerprint density at radius 3 is 2.55 bits per heavy atom. The van der Waals surface area contributed by atoms with Crippen molar-refractivity contribution in [2.75, 3.05) is 13.7 Å². The van der Waals surface area contributed by atoms with Crippen molar-refractivity contribution >= 4 is 10.9 Å². The highest BCUT2D eigenvalue weighted by molar-refractivity contribution is 5.85. The van der Waals surface area contributed by atoms with Gasteiger partial charge in [-0.1, -0.05) is 48.5 Å². The summed E-state index contributed by atoms with van der Waals surface area (Å²) in [4.78, 5) is 19.2. The van der Waals surface area contributed by atoms with Gasteiger partial charge in [-0.2, -0.15) is 0 Å². The second kappa shape index (κ2) is 9.87. The number of hydrogen-bond acceptors (Lipinski definition) is 6. The average Bonchev–Trinajstić information content (AvgIpc) is 3.39. The molecular weight excluding hydrogens is 476 g/mol. The standard InChI is InChI=1S/C30H30N6O2/c1-19-8-9-20(2)27-25(19)16-26(30(37)31-27)28(35-15-14-22-6-4-5-7-23(22)18-35)29-32-33-34-36(29)17-21-10-12-24(38-3)13-11-21/h4-13,16,28H,14-15,17-18H2,1-3H3,(H,31,37)/t28-/m1/s1. The van der Waals surface area contributed by atoms with Crippen LogP contribution in [0.3, 0.4) is 0 Å². The van der Waals surface area contributed by atoms with E-state index in [-0.39, 0.29) is 5.56 Å². The molecule has 3 heterocycles. The number of tetrazole rings is 1. The summed E-state index contributed by atoms with van der Waals surface area (Å²) in [6, 6.07) is 22.1. The van der Waals surface area contributed by atoms with Crippen LogP contribution in [0.5, 0.6) is 5.75 Å². The third-order valence-corrected chi connectivity index (χ3v) is 7.59. The van der Waals surface area contributed by atoms with Crippen LogP contribution in [0.2, 0.25) is 0 Å². The Balaban J connectivity index is 1.48. The summed E-state index contributed by atoms with van der Waals surface area (Å²) in [6.45, 7) is 6.08. The number of methoxy groups -OCH3 is 1. The van der Waals surface area contributed by atoms with Gasteiger partial charge in [0.15, 0.2) is 5.82 Å². The van der Waals surface area contributed by atoms with Crippen molar-refractivity contribution in [3.05, 3.63) is 116 Å². The van der Waals surface area contributed by atoms with Gasteiger partial charge in [-0.05, 0) is 76.7 Å². The van der Waals surface area contributed by atoms with Gasteiger partial charge in [0.05, 0.1) is 19.2 Å². The number of nitrogens with zero attached hydrogens (tertiary/aromatic N) is 5. The van der Waals surface area contributed by atoms with E-state index in [1.165, 1.54) is 11.1 Å². The van der Waals surface area contributed by atoms with E-state index in [1.807, 2.05) is 43.3 Å². The molecule has 1 atom stereocenters. The summed E-state index contributed by atoms with van der Waals surface area (Å²) < 4.78 is 7.11. The van der Waals surface area contributed by atoms with Crippen molar-refractivity contribution in [3.8, 4) is 5.75 Å². The summed E-state index contributed by atoms with van der Waals surface area (Å²) in [5, 5.41) is 13.9. The van der Waals surface area contributed by atoms with E-state index in [9.17, 15) is 4.79 Å². The number of nitrogens with one attached hydrogen (secondary N) is 1. The van der Waals surface area contributed by atoms with Crippen LogP contribution in [-0.2, 0) is 19.5 Å². The van der Waals surface area contributed by atoms with Gasteiger partial charge in [0.2, 0.25) is 0 Å². The van der Waals surface area contributed by atoms with Crippen LogP contribution in [-0.4, -0.2) is 43.7 Å². The minimum Gasteiger partial charge on any atom is -0.497 e. The van der Waals surface area contributed by atoms with Crippen molar-refractivity contribution in [2.24, 2.45) is 0 Å². The molecule has 0 radical (unpaired) electrons. The summed E-state index contributed by atoms with van der Waals surface area (Å²) >= 11 is 0. The summed E-state index contributed by atoms with van der Waals surface area (Å²) in [6.07, 6.45) is 0.899. The van der Waals surface area contributed by atoms with Crippen LogP contribution >= 0.6 is 0 Å². The van der Waals surface area contributed by atoms with Gasteiger partial charge in [0.1, 0.15) is 11.8 Å². The fourth-order valence-corrected chi connectivity index (χ4v) is 5.46. The average molecular weight is 507 g/mol. The van der Waals surface area contributed by atoms with Crippen LogP contribution in [0.4, 0.5) is 0 Å². The molecule has 1 aliphatic heterocycles. The van der Waals surface area contributed by atoms with E-state index in [2.05, 4.69) is 62.7 Å². The molecule has 0 saturated carbocycles. The molecule has 192 valence electrons. The zero-order chi connectivity index (χ0) is 26.2. The maximum atomic E-state index is 13.7. The molecule has 0 amide bonds. The number of pyridine rings is 1. The summed E-state index contributed by atoms with van der Waals surface area (Å²) in [7, 11) is 1.65. The Kier molecular flexibility index (Phi) is 6.25. The molecule has 0 spiro atoms. The third kappa shape index (κ3) is 4.37. The lowest BCUT2D eigenvalue weighted by molar-refractivity contribution is 0.194. The number of H-pyrrole nitrogens is 1. The first-order valence-corrected chi connectivity index (χ1v) is 12.8. The molecule has 1 aliphatic rings. The quantitative estimate of drug-likeness (QED) is 0.369. The monoisotopic (exact) mass is 506 g/mol. The molecule has 0 aliphatic carbocycles. The van der Waals surface area contributed by atoms with Crippen molar-refractivity contribution in [1.82, 2.24) is 30.1 Å². The van der Waals surface area contributed by atoms with Gasteiger partial charge in [0, 0.05) is 24.0 Å². The minimum absolute atomic E-state index is 0.117. The number of aryl methyl sites for hydroxylation is 2. The van der Waals surface area contributed by atoms with Gasteiger partial charge < -0.3 is 9.72 Å². The zero-order valence-corrected chi connectivity index (χ0v) is 21.8. The van der Waals surface area contributed by atoms with Gasteiger partial charge in [-0.3, -0.25) is 9.69 Å². The lowest BCUT2D eigenvalue weighted by Crippen LogP contribution is -2.38. The van der Waals surface area contributed by atoms with E-state index < -0.39 is 6.04 Å². The van der Waals surface area contributed by atoms with Crippen molar-refractivity contribution in [2.45, 2.75) is 39.4 Å². The highest BCUT2D eigenvalue weighted by Crippen LogP contribution is 2.32. The van der Waals surface area contributed by atoms with Gasteiger partial charge in [-0.15, -0.1) is 5.10 Å². The molecule has 1 N–H and O–H groups in total.